The summed E-state index contributed by atoms with van der Waals surface area (Å²) in [5.74, 6) is 0.839. The van der Waals surface area contributed by atoms with Crippen molar-refractivity contribution in [3.05, 3.63) is 51.0 Å². The molecule has 0 spiro atoms. The molecule has 0 radical (unpaired) electrons. The minimum atomic E-state index is 0.400. The summed E-state index contributed by atoms with van der Waals surface area (Å²) in [6.07, 6.45) is 1.76. The number of nitrogens with two attached hydrogens (primary N) is 1. The molecule has 1 aromatic heterocycles. The van der Waals surface area contributed by atoms with Gasteiger partial charge in [-0.15, -0.1) is 0 Å². The lowest BCUT2D eigenvalue weighted by atomic mass is 10.2. The highest BCUT2D eigenvalue weighted by atomic mass is 79.9. The third-order valence-corrected chi connectivity index (χ3v) is 3.90. The summed E-state index contributed by atoms with van der Waals surface area (Å²) >= 11 is 11.8. The predicted octanol–water partition coefficient (Wildman–Crippen LogP) is 4.01. The van der Waals surface area contributed by atoms with E-state index in [4.69, 9.17) is 18.0 Å². The fourth-order valence-corrected chi connectivity index (χ4v) is 3.02. The summed E-state index contributed by atoms with van der Waals surface area (Å²) < 4.78 is 1.85. The van der Waals surface area contributed by atoms with Crippen LogP contribution in [-0.4, -0.2) is 17.0 Å². The minimum absolute atomic E-state index is 0.400. The van der Waals surface area contributed by atoms with Gasteiger partial charge in [-0.2, -0.15) is 0 Å². The zero-order valence-corrected chi connectivity index (χ0v) is 14.1. The summed E-state index contributed by atoms with van der Waals surface area (Å²) in [6, 6.07) is 9.69. The molecular formula is C13H11Br2N3S. The first-order valence-electron chi connectivity index (χ1n) is 5.43. The molecule has 0 saturated carbocycles. The average molecular weight is 401 g/mol. The number of nitrogens with zero attached hydrogens (tertiary/aromatic N) is 2. The normalized spacial score (nSPS) is 10.3. The third-order valence-electron chi connectivity index (χ3n) is 2.65. The van der Waals surface area contributed by atoms with Crippen molar-refractivity contribution in [3.8, 4) is 0 Å². The van der Waals surface area contributed by atoms with Crippen molar-refractivity contribution in [2.45, 2.75) is 0 Å². The van der Waals surface area contributed by atoms with Gasteiger partial charge in [0.25, 0.3) is 0 Å². The lowest BCUT2D eigenvalue weighted by molar-refractivity contribution is 1.11. The average Bonchev–Trinajstić information content (AvgIpc) is 2.38. The molecule has 2 aromatic rings. The number of thiocarbonyl (C=S) groups is 1. The van der Waals surface area contributed by atoms with Gasteiger partial charge >= 0.3 is 0 Å². The Kier molecular flexibility index (Phi) is 4.54. The minimum Gasteiger partial charge on any atom is -0.389 e. The second-order valence-electron chi connectivity index (χ2n) is 3.93. The molecule has 0 aliphatic carbocycles. The molecule has 1 aromatic carbocycles. The van der Waals surface area contributed by atoms with E-state index in [1.165, 1.54) is 0 Å². The van der Waals surface area contributed by atoms with Crippen LogP contribution in [0.5, 0.6) is 0 Å². The zero-order chi connectivity index (χ0) is 14.0. The molecule has 0 fully saturated rings. The van der Waals surface area contributed by atoms with Gasteiger partial charge in [0.1, 0.15) is 10.8 Å². The van der Waals surface area contributed by atoms with Gasteiger partial charge in [-0.25, -0.2) is 4.98 Å². The first-order valence-corrected chi connectivity index (χ1v) is 7.43. The molecule has 0 amide bonds. The van der Waals surface area contributed by atoms with Gasteiger partial charge in [0, 0.05) is 29.0 Å². The highest BCUT2D eigenvalue weighted by Gasteiger charge is 2.10. The summed E-state index contributed by atoms with van der Waals surface area (Å²) in [5.41, 5.74) is 7.45. The van der Waals surface area contributed by atoms with Gasteiger partial charge < -0.3 is 10.6 Å². The molecule has 6 heteroatoms. The Morgan fingerprint density at radius 3 is 2.42 bits per heavy atom. The zero-order valence-electron chi connectivity index (χ0n) is 10.1. The van der Waals surface area contributed by atoms with Crippen LogP contribution < -0.4 is 10.6 Å². The SMILES string of the molecule is CN(c1ccc(C(N)=S)cc1)c1ncc(Br)cc1Br. The van der Waals surface area contributed by atoms with Crippen molar-refractivity contribution < 1.29 is 0 Å². The Morgan fingerprint density at radius 1 is 1.26 bits per heavy atom. The standard InChI is InChI=1S/C13H11Br2N3S/c1-18(13-11(15)6-9(14)7-17-13)10-4-2-8(3-5-10)12(16)19/h2-7H,1H3,(H2,16,19). The van der Waals surface area contributed by atoms with Gasteiger partial charge in [0.05, 0.1) is 4.47 Å². The number of aromatic nitrogens is 1. The monoisotopic (exact) mass is 399 g/mol. The van der Waals surface area contributed by atoms with Crippen LogP contribution in [0.15, 0.2) is 45.5 Å². The van der Waals surface area contributed by atoms with Gasteiger partial charge in [-0.1, -0.05) is 12.2 Å². The number of rotatable bonds is 3. The Morgan fingerprint density at radius 2 is 1.89 bits per heavy atom. The molecule has 98 valence electrons. The van der Waals surface area contributed by atoms with E-state index in [2.05, 4.69) is 36.8 Å². The van der Waals surface area contributed by atoms with Gasteiger partial charge in [0.15, 0.2) is 0 Å². The van der Waals surface area contributed by atoms with Crippen molar-refractivity contribution in [1.82, 2.24) is 4.98 Å². The quantitative estimate of drug-likeness (QED) is 0.790. The van der Waals surface area contributed by atoms with Gasteiger partial charge in [-0.05, 0) is 62.2 Å². The number of benzene rings is 1. The second-order valence-corrected chi connectivity index (χ2v) is 6.14. The lowest BCUT2D eigenvalue weighted by Gasteiger charge is -2.20. The molecule has 2 N–H and O–H groups in total. The first kappa shape index (κ1) is 14.4. The summed E-state index contributed by atoms with van der Waals surface area (Å²) in [6.45, 7) is 0. The topological polar surface area (TPSA) is 42.1 Å². The predicted molar refractivity (Wildman–Crippen MR) is 90.0 cm³/mol. The maximum absolute atomic E-state index is 5.58. The molecule has 2 rings (SSSR count). The molecular weight excluding hydrogens is 390 g/mol. The van der Waals surface area contributed by atoms with Crippen LogP contribution in [0.25, 0.3) is 0 Å². The largest absolute Gasteiger partial charge is 0.389 e. The Balaban J connectivity index is 2.33. The Hall–Kier alpha value is -0.980. The highest BCUT2D eigenvalue weighted by molar-refractivity contribution is 9.11. The number of halogens is 2. The second kappa shape index (κ2) is 5.98. The van der Waals surface area contributed by atoms with E-state index >= 15 is 0 Å². The molecule has 1 heterocycles. The van der Waals surface area contributed by atoms with Crippen LogP contribution in [0.2, 0.25) is 0 Å². The van der Waals surface area contributed by atoms with E-state index in [0.717, 1.165) is 26.0 Å². The number of anilines is 2. The smallest absolute Gasteiger partial charge is 0.147 e. The van der Waals surface area contributed by atoms with E-state index in [1.807, 2.05) is 42.3 Å². The van der Waals surface area contributed by atoms with Crippen LogP contribution in [0.1, 0.15) is 5.56 Å². The van der Waals surface area contributed by atoms with E-state index in [0.29, 0.717) is 4.99 Å². The van der Waals surface area contributed by atoms with Crippen LogP contribution in [-0.2, 0) is 0 Å². The van der Waals surface area contributed by atoms with Crippen LogP contribution in [0.3, 0.4) is 0 Å². The number of pyridine rings is 1. The third kappa shape index (κ3) is 3.32. The van der Waals surface area contributed by atoms with Crippen molar-refractivity contribution >= 4 is 60.6 Å². The summed E-state index contributed by atoms with van der Waals surface area (Å²) in [5, 5.41) is 0. The molecule has 0 bridgehead atoms. The van der Waals surface area contributed by atoms with Gasteiger partial charge in [0.2, 0.25) is 0 Å². The van der Waals surface area contributed by atoms with Crippen LogP contribution >= 0.6 is 44.1 Å². The fraction of sp³-hybridized carbons (Fsp3) is 0.0769. The number of hydrogen-bond acceptors (Lipinski definition) is 3. The fourth-order valence-electron chi connectivity index (χ4n) is 1.63. The van der Waals surface area contributed by atoms with E-state index < -0.39 is 0 Å². The van der Waals surface area contributed by atoms with Crippen molar-refractivity contribution in [1.29, 1.82) is 0 Å². The van der Waals surface area contributed by atoms with Crippen molar-refractivity contribution in [2.75, 3.05) is 11.9 Å². The Labute approximate surface area is 134 Å². The van der Waals surface area contributed by atoms with Crippen molar-refractivity contribution in [2.24, 2.45) is 5.73 Å². The highest BCUT2D eigenvalue weighted by Crippen LogP contribution is 2.30. The number of hydrogen-bond donors (Lipinski definition) is 1. The molecule has 0 atom stereocenters. The maximum atomic E-state index is 5.58. The molecule has 0 aliphatic heterocycles. The van der Waals surface area contributed by atoms with E-state index in [9.17, 15) is 0 Å². The molecule has 0 aliphatic rings. The van der Waals surface area contributed by atoms with Crippen molar-refractivity contribution in [3.63, 3.8) is 0 Å². The van der Waals surface area contributed by atoms with Crippen LogP contribution in [0, 0.1) is 0 Å². The maximum Gasteiger partial charge on any atom is 0.147 e. The van der Waals surface area contributed by atoms with E-state index in [-0.39, 0.29) is 0 Å². The van der Waals surface area contributed by atoms with Crippen LogP contribution in [0.4, 0.5) is 11.5 Å². The Bertz CT molecular complexity index is 614. The molecule has 0 unspecified atom stereocenters. The van der Waals surface area contributed by atoms with Gasteiger partial charge in [-0.3, -0.25) is 0 Å². The molecule has 19 heavy (non-hydrogen) atoms. The first-order chi connectivity index (χ1) is 8.99. The molecule has 0 saturated heterocycles. The summed E-state index contributed by atoms with van der Waals surface area (Å²) in [4.78, 5) is 6.78. The molecule has 3 nitrogen and oxygen atoms in total. The summed E-state index contributed by atoms with van der Waals surface area (Å²) in [7, 11) is 1.96. The van der Waals surface area contributed by atoms with E-state index in [1.54, 1.807) is 6.20 Å². The lowest BCUT2D eigenvalue weighted by Crippen LogP contribution is -2.13.